The van der Waals surface area contributed by atoms with E-state index in [2.05, 4.69) is 0 Å². The summed E-state index contributed by atoms with van der Waals surface area (Å²) < 4.78 is 43.3. The molecular weight excluding hydrogens is 380 g/mol. The Balaban J connectivity index is 1.61. The lowest BCUT2D eigenvalue weighted by Gasteiger charge is -2.24. The summed E-state index contributed by atoms with van der Waals surface area (Å²) in [5.41, 5.74) is 0.334. The minimum atomic E-state index is -0.824. The van der Waals surface area contributed by atoms with Gasteiger partial charge in [0.05, 0.1) is 19.9 Å². The van der Waals surface area contributed by atoms with E-state index in [4.69, 9.17) is 13.9 Å². The molecule has 0 aliphatic heterocycles. The van der Waals surface area contributed by atoms with Gasteiger partial charge >= 0.3 is 0 Å². The first kappa shape index (κ1) is 20.8. The molecule has 0 bridgehead atoms. The molecule has 154 valence electrons. The third kappa shape index (κ3) is 6.30. The fourth-order valence-electron chi connectivity index (χ4n) is 2.91. The topological polar surface area (TPSA) is 55.1 Å². The zero-order chi connectivity index (χ0) is 20.6. The standard InChI is InChI=1S/C22H23F2NO4/c1-27-19-6-8-20(9-7-19)29-15-18(26)13-25(14-21-3-2-10-28-21)12-16-4-5-17(23)11-22(16)24/h2-11,18,26H,12-15H2,1H3/t18-/m1/s1. The Morgan fingerprint density at radius 3 is 2.45 bits per heavy atom. The van der Waals surface area contributed by atoms with Crippen LogP contribution < -0.4 is 9.47 Å². The predicted octanol–water partition coefficient (Wildman–Crippen LogP) is 4.01. The molecule has 0 spiro atoms. The Labute approximate surface area is 168 Å². The van der Waals surface area contributed by atoms with Crippen molar-refractivity contribution in [2.24, 2.45) is 0 Å². The van der Waals surface area contributed by atoms with E-state index in [1.165, 1.54) is 12.1 Å². The van der Waals surface area contributed by atoms with E-state index in [0.717, 1.165) is 6.07 Å². The highest BCUT2D eigenvalue weighted by Crippen LogP contribution is 2.18. The van der Waals surface area contributed by atoms with Crippen molar-refractivity contribution in [3.05, 3.63) is 83.8 Å². The number of methoxy groups -OCH3 is 1. The van der Waals surface area contributed by atoms with Crippen molar-refractivity contribution in [3.8, 4) is 11.5 Å². The molecule has 1 N–H and O–H groups in total. The van der Waals surface area contributed by atoms with E-state index in [0.29, 0.717) is 29.4 Å². The number of ether oxygens (including phenoxy) is 2. The van der Waals surface area contributed by atoms with Crippen molar-refractivity contribution in [1.82, 2.24) is 4.90 Å². The minimum absolute atomic E-state index is 0.0624. The molecule has 0 aliphatic rings. The van der Waals surface area contributed by atoms with E-state index in [1.54, 1.807) is 49.8 Å². The largest absolute Gasteiger partial charge is 0.497 e. The molecule has 7 heteroatoms. The Hall–Kier alpha value is -2.90. The van der Waals surface area contributed by atoms with Crippen LogP contribution in [0, 0.1) is 11.6 Å². The van der Waals surface area contributed by atoms with E-state index >= 15 is 0 Å². The van der Waals surface area contributed by atoms with Gasteiger partial charge in [-0.1, -0.05) is 6.07 Å². The first-order chi connectivity index (χ1) is 14.0. The van der Waals surface area contributed by atoms with Crippen molar-refractivity contribution in [2.45, 2.75) is 19.2 Å². The molecule has 5 nitrogen and oxygen atoms in total. The zero-order valence-electron chi connectivity index (χ0n) is 16.1. The lowest BCUT2D eigenvalue weighted by Crippen LogP contribution is -2.35. The number of aliphatic hydroxyl groups excluding tert-OH is 1. The summed E-state index contributed by atoms with van der Waals surface area (Å²) in [6, 6.07) is 14.1. The minimum Gasteiger partial charge on any atom is -0.497 e. The van der Waals surface area contributed by atoms with Crippen LogP contribution in [0.2, 0.25) is 0 Å². The monoisotopic (exact) mass is 403 g/mol. The van der Waals surface area contributed by atoms with Crippen molar-refractivity contribution < 1.29 is 27.8 Å². The van der Waals surface area contributed by atoms with Gasteiger partial charge in [0.2, 0.25) is 0 Å². The second kappa shape index (κ2) is 10.0. The first-order valence-corrected chi connectivity index (χ1v) is 9.17. The number of hydrogen-bond acceptors (Lipinski definition) is 5. The molecule has 0 amide bonds. The van der Waals surface area contributed by atoms with Crippen molar-refractivity contribution in [2.75, 3.05) is 20.3 Å². The van der Waals surface area contributed by atoms with Gasteiger partial charge in [-0.25, -0.2) is 8.78 Å². The summed E-state index contributed by atoms with van der Waals surface area (Å²) >= 11 is 0. The Bertz CT molecular complexity index is 884. The van der Waals surface area contributed by atoms with Crippen LogP contribution in [0.15, 0.2) is 65.3 Å². The summed E-state index contributed by atoms with van der Waals surface area (Å²) in [5.74, 6) is 0.738. The number of nitrogens with zero attached hydrogens (tertiary/aromatic N) is 1. The van der Waals surface area contributed by atoms with E-state index < -0.39 is 17.7 Å². The Kier molecular flexibility index (Phi) is 7.21. The molecule has 1 heterocycles. The fourth-order valence-corrected chi connectivity index (χ4v) is 2.91. The van der Waals surface area contributed by atoms with Crippen LogP contribution in [0.3, 0.4) is 0 Å². The second-order valence-electron chi connectivity index (χ2n) is 6.63. The van der Waals surface area contributed by atoms with E-state index in [1.807, 2.05) is 4.90 Å². The van der Waals surface area contributed by atoms with Gasteiger partial charge in [0.15, 0.2) is 0 Å². The molecule has 0 saturated carbocycles. The van der Waals surface area contributed by atoms with E-state index in [9.17, 15) is 13.9 Å². The lowest BCUT2D eigenvalue weighted by molar-refractivity contribution is 0.0600. The molecule has 0 radical (unpaired) electrons. The van der Waals surface area contributed by atoms with Gasteiger partial charge in [0.1, 0.15) is 41.6 Å². The summed E-state index contributed by atoms with van der Waals surface area (Å²) in [7, 11) is 1.58. The maximum Gasteiger partial charge on any atom is 0.130 e. The number of benzene rings is 2. The summed E-state index contributed by atoms with van der Waals surface area (Å²) in [4.78, 5) is 1.82. The third-order valence-electron chi connectivity index (χ3n) is 4.34. The maximum absolute atomic E-state index is 14.1. The molecule has 2 aromatic carbocycles. The van der Waals surface area contributed by atoms with Crippen LogP contribution in [0.25, 0.3) is 0 Å². The van der Waals surface area contributed by atoms with Crippen LogP contribution in [0.1, 0.15) is 11.3 Å². The van der Waals surface area contributed by atoms with Gasteiger partial charge in [0.25, 0.3) is 0 Å². The normalized spacial score (nSPS) is 12.2. The average Bonchev–Trinajstić information content (AvgIpc) is 3.22. The molecule has 1 atom stereocenters. The highest BCUT2D eigenvalue weighted by Gasteiger charge is 2.17. The highest BCUT2D eigenvalue weighted by molar-refractivity contribution is 5.31. The summed E-state index contributed by atoms with van der Waals surface area (Å²) in [6.45, 7) is 0.830. The highest BCUT2D eigenvalue weighted by atomic mass is 19.1. The Morgan fingerprint density at radius 2 is 1.79 bits per heavy atom. The molecule has 0 unspecified atom stereocenters. The van der Waals surface area contributed by atoms with Crippen LogP contribution in [0.4, 0.5) is 8.78 Å². The number of halogens is 2. The van der Waals surface area contributed by atoms with Crippen LogP contribution in [-0.2, 0) is 13.1 Å². The summed E-state index contributed by atoms with van der Waals surface area (Å²) in [5, 5.41) is 10.4. The second-order valence-corrected chi connectivity index (χ2v) is 6.63. The SMILES string of the molecule is COc1ccc(OC[C@H](O)CN(Cc2ccco2)Cc2ccc(F)cc2F)cc1. The van der Waals surface area contributed by atoms with Crippen LogP contribution >= 0.6 is 0 Å². The van der Waals surface area contributed by atoms with Gasteiger partial charge < -0.3 is 19.0 Å². The predicted molar refractivity (Wildman–Crippen MR) is 104 cm³/mol. The molecular formula is C22H23F2NO4. The quantitative estimate of drug-likeness (QED) is 0.554. The van der Waals surface area contributed by atoms with Crippen molar-refractivity contribution in [3.63, 3.8) is 0 Å². The molecule has 1 aromatic heterocycles. The van der Waals surface area contributed by atoms with Gasteiger partial charge in [-0.15, -0.1) is 0 Å². The lowest BCUT2D eigenvalue weighted by atomic mass is 10.1. The maximum atomic E-state index is 14.1. The third-order valence-corrected chi connectivity index (χ3v) is 4.34. The zero-order valence-corrected chi connectivity index (χ0v) is 16.1. The van der Waals surface area contributed by atoms with Gasteiger partial charge in [-0.2, -0.15) is 0 Å². The molecule has 29 heavy (non-hydrogen) atoms. The summed E-state index contributed by atoms with van der Waals surface area (Å²) in [6.07, 6.45) is 0.727. The van der Waals surface area contributed by atoms with E-state index in [-0.39, 0.29) is 19.7 Å². The molecule has 0 saturated heterocycles. The molecule has 3 rings (SSSR count). The van der Waals surface area contributed by atoms with Crippen LogP contribution in [-0.4, -0.2) is 36.4 Å². The molecule has 3 aromatic rings. The number of hydrogen-bond donors (Lipinski definition) is 1. The number of rotatable bonds is 10. The van der Waals surface area contributed by atoms with Gasteiger partial charge in [-0.3, -0.25) is 4.90 Å². The van der Waals surface area contributed by atoms with Gasteiger partial charge in [0, 0.05) is 24.7 Å². The van der Waals surface area contributed by atoms with Gasteiger partial charge in [-0.05, 0) is 42.5 Å². The number of aliphatic hydroxyl groups is 1. The first-order valence-electron chi connectivity index (χ1n) is 9.17. The molecule has 0 aliphatic carbocycles. The Morgan fingerprint density at radius 1 is 1.03 bits per heavy atom. The smallest absolute Gasteiger partial charge is 0.130 e. The average molecular weight is 403 g/mol. The fraction of sp³-hybridized carbons (Fsp3) is 0.273. The van der Waals surface area contributed by atoms with Crippen molar-refractivity contribution in [1.29, 1.82) is 0 Å². The van der Waals surface area contributed by atoms with Crippen LogP contribution in [0.5, 0.6) is 11.5 Å². The number of furan rings is 1. The van der Waals surface area contributed by atoms with Crippen molar-refractivity contribution >= 4 is 0 Å². The molecule has 0 fully saturated rings.